The van der Waals surface area contributed by atoms with E-state index in [1.165, 1.54) is 36.8 Å². The maximum atomic E-state index is 3.40. The maximum Gasteiger partial charge on any atom is 0.0233 e. The molecule has 0 bridgehead atoms. The van der Waals surface area contributed by atoms with E-state index >= 15 is 0 Å². The molecule has 0 heterocycles. The summed E-state index contributed by atoms with van der Waals surface area (Å²) in [5.41, 5.74) is 2.77. The number of rotatable bonds is 4. The Bertz CT molecular complexity index is 350. The normalized spacial score (nSPS) is 24.4. The number of benzene rings is 1. The predicted molar refractivity (Wildman–Crippen MR) is 77.7 cm³/mol. The first kappa shape index (κ1) is 13.6. The molecule has 1 aromatic carbocycles. The second kappa shape index (κ2) is 6.35. The van der Waals surface area contributed by atoms with Gasteiger partial charge in [0.25, 0.3) is 0 Å². The molecule has 0 atom stereocenters. The van der Waals surface area contributed by atoms with Crippen molar-refractivity contribution in [1.82, 2.24) is 10.2 Å². The molecule has 0 unspecified atom stereocenters. The zero-order chi connectivity index (χ0) is 13.0. The molecule has 0 aliphatic heterocycles. The molecule has 1 fully saturated rings. The third kappa shape index (κ3) is 3.56. The van der Waals surface area contributed by atoms with Gasteiger partial charge < -0.3 is 5.32 Å². The van der Waals surface area contributed by atoms with Gasteiger partial charge in [0.05, 0.1) is 0 Å². The standard InChI is InChI=1S/C16H26N2/c1-13-4-6-14(7-5-13)12-18(3)16-10-8-15(17-2)9-11-16/h4-7,15-17H,8-12H2,1-3H3. The third-order valence-corrected chi connectivity index (χ3v) is 4.28. The molecule has 0 aromatic heterocycles. The van der Waals surface area contributed by atoms with Gasteiger partial charge in [-0.25, -0.2) is 0 Å². The van der Waals surface area contributed by atoms with Gasteiger partial charge in [-0.05, 0) is 52.3 Å². The summed E-state index contributed by atoms with van der Waals surface area (Å²) in [6.45, 7) is 3.22. The van der Waals surface area contributed by atoms with E-state index in [-0.39, 0.29) is 0 Å². The summed E-state index contributed by atoms with van der Waals surface area (Å²) in [4.78, 5) is 2.52. The van der Waals surface area contributed by atoms with Crippen molar-refractivity contribution in [3.8, 4) is 0 Å². The van der Waals surface area contributed by atoms with E-state index in [1.807, 2.05) is 0 Å². The molecule has 0 spiro atoms. The van der Waals surface area contributed by atoms with E-state index in [0.717, 1.165) is 18.6 Å². The van der Waals surface area contributed by atoms with Crippen LogP contribution in [0.5, 0.6) is 0 Å². The van der Waals surface area contributed by atoms with Gasteiger partial charge in [-0.2, -0.15) is 0 Å². The van der Waals surface area contributed by atoms with Crippen LogP contribution in [0.4, 0.5) is 0 Å². The average molecular weight is 246 g/mol. The molecule has 2 rings (SSSR count). The molecule has 2 nitrogen and oxygen atoms in total. The van der Waals surface area contributed by atoms with Gasteiger partial charge in [-0.3, -0.25) is 4.90 Å². The first-order valence-corrected chi connectivity index (χ1v) is 7.12. The summed E-state index contributed by atoms with van der Waals surface area (Å²) in [6, 6.07) is 10.4. The van der Waals surface area contributed by atoms with E-state index in [1.54, 1.807) is 0 Å². The van der Waals surface area contributed by atoms with Crippen LogP contribution in [0.2, 0.25) is 0 Å². The van der Waals surface area contributed by atoms with Crippen LogP contribution in [-0.2, 0) is 6.54 Å². The zero-order valence-corrected chi connectivity index (χ0v) is 11.9. The van der Waals surface area contributed by atoms with Crippen LogP contribution in [-0.4, -0.2) is 31.1 Å². The lowest BCUT2D eigenvalue weighted by Crippen LogP contribution is -2.39. The molecule has 0 saturated heterocycles. The van der Waals surface area contributed by atoms with Gasteiger partial charge in [0, 0.05) is 18.6 Å². The van der Waals surface area contributed by atoms with Crippen molar-refractivity contribution >= 4 is 0 Å². The highest BCUT2D eigenvalue weighted by Gasteiger charge is 2.22. The summed E-state index contributed by atoms with van der Waals surface area (Å²) >= 11 is 0. The van der Waals surface area contributed by atoms with Crippen LogP contribution in [0.1, 0.15) is 36.8 Å². The van der Waals surface area contributed by atoms with Gasteiger partial charge in [0.1, 0.15) is 0 Å². The first-order chi connectivity index (χ1) is 8.69. The van der Waals surface area contributed by atoms with Gasteiger partial charge >= 0.3 is 0 Å². The lowest BCUT2D eigenvalue weighted by molar-refractivity contribution is 0.170. The Labute approximate surface area is 111 Å². The van der Waals surface area contributed by atoms with Crippen LogP contribution in [0.15, 0.2) is 24.3 Å². The van der Waals surface area contributed by atoms with Gasteiger partial charge in [-0.15, -0.1) is 0 Å². The Morgan fingerprint density at radius 2 is 1.72 bits per heavy atom. The molecule has 0 amide bonds. The monoisotopic (exact) mass is 246 g/mol. The highest BCUT2D eigenvalue weighted by Crippen LogP contribution is 2.23. The van der Waals surface area contributed by atoms with Crippen LogP contribution in [0.25, 0.3) is 0 Å². The fraction of sp³-hybridized carbons (Fsp3) is 0.625. The Morgan fingerprint density at radius 1 is 1.11 bits per heavy atom. The second-order valence-electron chi connectivity index (χ2n) is 5.69. The SMILES string of the molecule is CNC1CCC(N(C)Cc2ccc(C)cc2)CC1. The predicted octanol–water partition coefficient (Wildman–Crippen LogP) is 2.96. The van der Waals surface area contributed by atoms with Crippen molar-refractivity contribution in [2.45, 2.75) is 51.2 Å². The Hall–Kier alpha value is -0.860. The second-order valence-corrected chi connectivity index (χ2v) is 5.69. The minimum atomic E-state index is 0.744. The fourth-order valence-corrected chi connectivity index (χ4v) is 2.92. The van der Waals surface area contributed by atoms with Crippen LogP contribution in [0, 0.1) is 6.92 Å². The van der Waals surface area contributed by atoms with Gasteiger partial charge in [0.15, 0.2) is 0 Å². The number of hydrogen-bond acceptors (Lipinski definition) is 2. The molecular weight excluding hydrogens is 220 g/mol. The van der Waals surface area contributed by atoms with Crippen molar-refractivity contribution in [2.75, 3.05) is 14.1 Å². The van der Waals surface area contributed by atoms with Crippen molar-refractivity contribution in [1.29, 1.82) is 0 Å². The van der Waals surface area contributed by atoms with Crippen molar-refractivity contribution in [3.05, 3.63) is 35.4 Å². The minimum Gasteiger partial charge on any atom is -0.317 e. The Balaban J connectivity index is 1.85. The Kier molecular flexibility index (Phi) is 4.79. The summed E-state index contributed by atoms with van der Waals surface area (Å²) in [5, 5.41) is 3.40. The minimum absolute atomic E-state index is 0.744. The van der Waals surface area contributed by atoms with Gasteiger partial charge in [0.2, 0.25) is 0 Å². The highest BCUT2D eigenvalue weighted by atomic mass is 15.1. The summed E-state index contributed by atoms with van der Waals surface area (Å²) < 4.78 is 0. The van der Waals surface area contributed by atoms with Crippen molar-refractivity contribution in [3.63, 3.8) is 0 Å². The van der Waals surface area contributed by atoms with Gasteiger partial charge in [-0.1, -0.05) is 29.8 Å². The summed E-state index contributed by atoms with van der Waals surface area (Å²) in [5.74, 6) is 0. The summed E-state index contributed by atoms with van der Waals surface area (Å²) in [7, 11) is 4.35. The smallest absolute Gasteiger partial charge is 0.0233 e. The topological polar surface area (TPSA) is 15.3 Å². The zero-order valence-electron chi connectivity index (χ0n) is 11.9. The van der Waals surface area contributed by atoms with Crippen LogP contribution < -0.4 is 5.32 Å². The number of hydrogen-bond donors (Lipinski definition) is 1. The quantitative estimate of drug-likeness (QED) is 0.878. The molecular formula is C16H26N2. The van der Waals surface area contributed by atoms with Crippen molar-refractivity contribution in [2.24, 2.45) is 0 Å². The molecule has 1 aliphatic carbocycles. The molecule has 1 saturated carbocycles. The molecule has 1 N–H and O–H groups in total. The van der Waals surface area contributed by atoms with E-state index in [4.69, 9.17) is 0 Å². The van der Waals surface area contributed by atoms with E-state index < -0.39 is 0 Å². The first-order valence-electron chi connectivity index (χ1n) is 7.12. The lowest BCUT2D eigenvalue weighted by Gasteiger charge is -2.34. The average Bonchev–Trinajstić information content (AvgIpc) is 2.41. The largest absolute Gasteiger partial charge is 0.317 e. The summed E-state index contributed by atoms with van der Waals surface area (Å²) in [6.07, 6.45) is 5.29. The molecule has 1 aromatic rings. The number of nitrogens with zero attached hydrogens (tertiary/aromatic N) is 1. The third-order valence-electron chi connectivity index (χ3n) is 4.28. The molecule has 2 heteroatoms. The molecule has 18 heavy (non-hydrogen) atoms. The molecule has 1 aliphatic rings. The maximum absolute atomic E-state index is 3.40. The number of nitrogens with one attached hydrogen (secondary N) is 1. The number of aryl methyl sites for hydroxylation is 1. The van der Waals surface area contributed by atoms with Crippen LogP contribution >= 0.6 is 0 Å². The fourth-order valence-electron chi connectivity index (χ4n) is 2.92. The van der Waals surface area contributed by atoms with Crippen molar-refractivity contribution < 1.29 is 0 Å². The highest BCUT2D eigenvalue weighted by molar-refractivity contribution is 5.21. The molecule has 100 valence electrons. The Morgan fingerprint density at radius 3 is 2.28 bits per heavy atom. The lowest BCUT2D eigenvalue weighted by atomic mass is 9.90. The van der Waals surface area contributed by atoms with E-state index in [0.29, 0.717) is 0 Å². The molecule has 0 radical (unpaired) electrons. The van der Waals surface area contributed by atoms with E-state index in [9.17, 15) is 0 Å². The van der Waals surface area contributed by atoms with E-state index in [2.05, 4.69) is 55.5 Å². The van der Waals surface area contributed by atoms with Crippen LogP contribution in [0.3, 0.4) is 0 Å².